The van der Waals surface area contributed by atoms with Crippen LogP contribution in [0.1, 0.15) is 5.69 Å². The van der Waals surface area contributed by atoms with E-state index in [1.807, 2.05) is 0 Å². The van der Waals surface area contributed by atoms with E-state index in [0.717, 1.165) is 13.2 Å². The molecule has 1 rings (SSSR count). The number of halogens is 3. The fourth-order valence-electron chi connectivity index (χ4n) is 1.11. The Morgan fingerprint density at radius 3 is 2.47 bits per heavy atom. The highest BCUT2D eigenvalue weighted by atomic mass is 19.4. The highest BCUT2D eigenvalue weighted by molar-refractivity contribution is 5.82. The van der Waals surface area contributed by atoms with Gasteiger partial charge in [0.1, 0.15) is 0 Å². The van der Waals surface area contributed by atoms with Gasteiger partial charge in [0.25, 0.3) is 5.54 Å². The zero-order valence-corrected chi connectivity index (χ0v) is 7.76. The first-order valence-corrected chi connectivity index (χ1v) is 3.92. The van der Waals surface area contributed by atoms with Crippen molar-refractivity contribution in [3.63, 3.8) is 0 Å². The van der Waals surface area contributed by atoms with E-state index in [0.29, 0.717) is 0 Å². The van der Waals surface area contributed by atoms with Gasteiger partial charge >= 0.3 is 12.1 Å². The van der Waals surface area contributed by atoms with Crippen molar-refractivity contribution in [3.05, 3.63) is 24.0 Å². The Hall–Kier alpha value is -1.50. The van der Waals surface area contributed by atoms with Gasteiger partial charge in [-0.1, -0.05) is 0 Å². The molecule has 0 spiro atoms. The predicted octanol–water partition coefficient (Wildman–Crippen LogP) is 0.904. The molecule has 1 aromatic heterocycles. The van der Waals surface area contributed by atoms with Crippen LogP contribution in [-0.4, -0.2) is 24.2 Å². The molecule has 0 aliphatic rings. The number of aromatic nitrogens is 1. The van der Waals surface area contributed by atoms with Crippen LogP contribution < -0.4 is 5.73 Å². The molecule has 3 N–H and O–H groups in total. The number of alkyl halides is 3. The summed E-state index contributed by atoms with van der Waals surface area (Å²) in [6.45, 7) is 0. The monoisotopic (exact) mass is 222 g/mol. The van der Waals surface area contributed by atoms with Crippen molar-refractivity contribution in [1.29, 1.82) is 0 Å². The van der Waals surface area contributed by atoms with E-state index >= 15 is 0 Å². The number of aromatic amines is 1. The maximum absolute atomic E-state index is 12.7. The van der Waals surface area contributed by atoms with E-state index in [4.69, 9.17) is 5.73 Å². The highest BCUT2D eigenvalue weighted by Gasteiger charge is 2.60. The molecule has 4 nitrogen and oxygen atoms in total. The third kappa shape index (κ3) is 1.70. The second-order valence-corrected chi connectivity index (χ2v) is 2.88. The Morgan fingerprint density at radius 1 is 1.53 bits per heavy atom. The van der Waals surface area contributed by atoms with E-state index in [-0.39, 0.29) is 0 Å². The average molecular weight is 222 g/mol. The van der Waals surface area contributed by atoms with E-state index < -0.39 is 23.4 Å². The zero-order chi connectivity index (χ0) is 11.7. The van der Waals surface area contributed by atoms with E-state index in [1.54, 1.807) is 0 Å². The SMILES string of the molecule is COC(=O)C(N)(c1ccc[nH]1)C(F)(F)F. The van der Waals surface area contributed by atoms with Crippen molar-refractivity contribution in [3.8, 4) is 0 Å². The molecule has 0 saturated heterocycles. The van der Waals surface area contributed by atoms with Gasteiger partial charge in [0, 0.05) is 6.20 Å². The second kappa shape index (κ2) is 3.58. The summed E-state index contributed by atoms with van der Waals surface area (Å²) >= 11 is 0. The van der Waals surface area contributed by atoms with Gasteiger partial charge in [0.15, 0.2) is 0 Å². The van der Waals surface area contributed by atoms with Gasteiger partial charge in [0.05, 0.1) is 12.8 Å². The number of H-pyrrole nitrogens is 1. The number of ether oxygens (including phenoxy) is 1. The third-order valence-electron chi connectivity index (χ3n) is 1.98. The lowest BCUT2D eigenvalue weighted by molar-refractivity contribution is -0.207. The summed E-state index contributed by atoms with van der Waals surface area (Å²) in [5.41, 5.74) is 1.46. The molecule has 0 aliphatic carbocycles. The minimum atomic E-state index is -4.93. The van der Waals surface area contributed by atoms with Crippen LogP contribution in [0.2, 0.25) is 0 Å². The average Bonchev–Trinajstić information content (AvgIpc) is 2.66. The molecular weight excluding hydrogens is 213 g/mol. The number of carbonyl (C=O) groups is 1. The van der Waals surface area contributed by atoms with Crippen LogP contribution in [-0.2, 0) is 15.1 Å². The van der Waals surface area contributed by atoms with Gasteiger partial charge in [-0.15, -0.1) is 0 Å². The Morgan fingerprint density at radius 2 is 2.13 bits per heavy atom. The number of hydrogen-bond donors (Lipinski definition) is 2. The van der Waals surface area contributed by atoms with Crippen LogP contribution in [0, 0.1) is 0 Å². The summed E-state index contributed by atoms with van der Waals surface area (Å²) in [5.74, 6) is -1.56. The standard InChI is InChI=1S/C8H9F3N2O2/c1-15-6(14)7(12,8(9,10)11)5-3-2-4-13-5/h2-4,13H,12H2,1H3. The summed E-state index contributed by atoms with van der Waals surface area (Å²) in [5, 5.41) is 0. The van der Waals surface area contributed by atoms with Crippen LogP contribution in [0.4, 0.5) is 13.2 Å². The number of nitrogens with one attached hydrogen (secondary N) is 1. The molecule has 7 heteroatoms. The van der Waals surface area contributed by atoms with Crippen LogP contribution in [0.25, 0.3) is 0 Å². The lowest BCUT2D eigenvalue weighted by atomic mass is 9.96. The van der Waals surface area contributed by atoms with Crippen LogP contribution in [0.15, 0.2) is 18.3 Å². The number of nitrogens with two attached hydrogens (primary N) is 1. The molecule has 1 atom stereocenters. The maximum atomic E-state index is 12.7. The quantitative estimate of drug-likeness (QED) is 0.730. The molecule has 0 aromatic carbocycles. The number of hydrogen-bond acceptors (Lipinski definition) is 3. The Bertz CT molecular complexity index is 347. The van der Waals surface area contributed by atoms with E-state index in [2.05, 4.69) is 9.72 Å². The minimum Gasteiger partial charge on any atom is -0.467 e. The van der Waals surface area contributed by atoms with Crippen molar-refractivity contribution in [2.75, 3.05) is 7.11 Å². The largest absolute Gasteiger partial charge is 0.467 e. The molecule has 0 radical (unpaired) electrons. The number of methoxy groups -OCH3 is 1. The fraction of sp³-hybridized carbons (Fsp3) is 0.375. The van der Waals surface area contributed by atoms with Gasteiger partial charge in [-0.3, -0.25) is 0 Å². The number of rotatable bonds is 2. The third-order valence-corrected chi connectivity index (χ3v) is 1.98. The van der Waals surface area contributed by atoms with Crippen molar-refractivity contribution in [1.82, 2.24) is 4.98 Å². The fourth-order valence-corrected chi connectivity index (χ4v) is 1.11. The molecule has 1 unspecified atom stereocenters. The van der Waals surface area contributed by atoms with Gasteiger partial charge in [0.2, 0.25) is 0 Å². The van der Waals surface area contributed by atoms with Crippen LogP contribution >= 0.6 is 0 Å². The highest BCUT2D eigenvalue weighted by Crippen LogP contribution is 2.36. The maximum Gasteiger partial charge on any atom is 0.422 e. The Balaban J connectivity index is 3.26. The number of carbonyl (C=O) groups excluding carboxylic acids is 1. The minimum absolute atomic E-state index is 0.457. The van der Waals surface area contributed by atoms with Gasteiger partial charge < -0.3 is 15.5 Å². The summed E-state index contributed by atoms with van der Waals surface area (Å²) in [7, 11) is 0.846. The van der Waals surface area contributed by atoms with Crippen LogP contribution in [0.5, 0.6) is 0 Å². The lowest BCUT2D eigenvalue weighted by Crippen LogP contribution is -2.57. The van der Waals surface area contributed by atoms with Gasteiger partial charge in [-0.25, -0.2) is 4.79 Å². The molecule has 1 heterocycles. The molecule has 0 saturated carbocycles. The summed E-state index contributed by atoms with van der Waals surface area (Å²) < 4.78 is 42.0. The first kappa shape index (κ1) is 11.6. The summed E-state index contributed by atoms with van der Waals surface area (Å²) in [6.07, 6.45) is -3.68. The Labute approximate surface area is 83.2 Å². The van der Waals surface area contributed by atoms with E-state index in [9.17, 15) is 18.0 Å². The molecule has 15 heavy (non-hydrogen) atoms. The van der Waals surface area contributed by atoms with E-state index in [1.165, 1.54) is 12.3 Å². The lowest BCUT2D eigenvalue weighted by Gasteiger charge is -2.27. The molecule has 0 fully saturated rings. The van der Waals surface area contributed by atoms with Crippen LogP contribution in [0.3, 0.4) is 0 Å². The normalized spacial score (nSPS) is 15.8. The van der Waals surface area contributed by atoms with Gasteiger partial charge in [-0.05, 0) is 12.1 Å². The molecule has 0 amide bonds. The van der Waals surface area contributed by atoms with Crippen molar-refractivity contribution in [2.24, 2.45) is 5.73 Å². The van der Waals surface area contributed by atoms with Crippen molar-refractivity contribution in [2.45, 2.75) is 11.7 Å². The smallest absolute Gasteiger partial charge is 0.422 e. The van der Waals surface area contributed by atoms with Crippen molar-refractivity contribution < 1.29 is 22.7 Å². The van der Waals surface area contributed by atoms with Crippen molar-refractivity contribution >= 4 is 5.97 Å². The molecule has 0 bridgehead atoms. The first-order valence-electron chi connectivity index (χ1n) is 3.92. The molecule has 1 aromatic rings. The summed E-state index contributed by atoms with van der Waals surface area (Å²) in [6, 6.07) is 2.38. The molecular formula is C8H9F3N2O2. The second-order valence-electron chi connectivity index (χ2n) is 2.88. The van der Waals surface area contributed by atoms with Gasteiger partial charge in [-0.2, -0.15) is 13.2 Å². The molecule has 0 aliphatic heterocycles. The number of esters is 1. The first-order chi connectivity index (χ1) is 6.84. The summed E-state index contributed by atoms with van der Waals surface area (Å²) in [4.78, 5) is 13.3. The Kier molecular flexibility index (Phi) is 2.76. The topological polar surface area (TPSA) is 68.1 Å². The zero-order valence-electron chi connectivity index (χ0n) is 7.76. The predicted molar refractivity (Wildman–Crippen MR) is 44.7 cm³/mol. The molecule has 84 valence electrons.